The molecular weight excluding hydrogens is 262 g/mol. The summed E-state index contributed by atoms with van der Waals surface area (Å²) in [4.78, 5) is 0.659. The second-order valence-electron chi connectivity index (χ2n) is 4.39. The van der Waals surface area contributed by atoms with E-state index in [1.54, 1.807) is 14.2 Å². The van der Waals surface area contributed by atoms with Gasteiger partial charge in [0.05, 0.1) is 25.9 Å². The van der Waals surface area contributed by atoms with Crippen molar-refractivity contribution in [2.75, 3.05) is 27.4 Å². The normalized spacial score (nSPS) is 18.1. The second-order valence-corrected chi connectivity index (χ2v) is 4.79. The Balaban J connectivity index is 2.05. The van der Waals surface area contributed by atoms with Crippen molar-refractivity contribution < 1.29 is 14.2 Å². The van der Waals surface area contributed by atoms with E-state index in [2.05, 4.69) is 5.32 Å². The first-order chi connectivity index (χ1) is 9.26. The molecule has 0 unspecified atom stereocenters. The summed E-state index contributed by atoms with van der Waals surface area (Å²) in [6, 6.07) is 5.67. The lowest BCUT2D eigenvalue weighted by atomic mass is 10.1. The minimum atomic E-state index is 0.259. The van der Waals surface area contributed by atoms with Crippen LogP contribution in [0.1, 0.15) is 18.4 Å². The average Bonchev–Trinajstić information content (AvgIpc) is 2.97. The Bertz CT molecular complexity index is 444. The van der Waals surface area contributed by atoms with Gasteiger partial charge in [0, 0.05) is 13.2 Å². The van der Waals surface area contributed by atoms with Crippen LogP contribution < -0.4 is 14.8 Å². The third-order valence-corrected chi connectivity index (χ3v) is 3.53. The lowest BCUT2D eigenvalue weighted by molar-refractivity contribution is 0.114. The van der Waals surface area contributed by atoms with Crippen molar-refractivity contribution in [2.45, 2.75) is 18.9 Å². The molecule has 5 heteroatoms. The lowest BCUT2D eigenvalue weighted by Crippen LogP contribution is -2.31. The summed E-state index contributed by atoms with van der Waals surface area (Å²) in [7, 11) is 3.23. The van der Waals surface area contributed by atoms with Crippen molar-refractivity contribution >= 4 is 17.2 Å². The van der Waals surface area contributed by atoms with Crippen LogP contribution >= 0.6 is 12.2 Å². The molecule has 1 aliphatic rings. The van der Waals surface area contributed by atoms with Gasteiger partial charge in [-0.1, -0.05) is 18.3 Å². The van der Waals surface area contributed by atoms with Crippen LogP contribution in [0.25, 0.3) is 0 Å². The molecule has 104 valence electrons. The third kappa shape index (κ3) is 3.36. The van der Waals surface area contributed by atoms with Crippen molar-refractivity contribution in [3.8, 4) is 11.5 Å². The van der Waals surface area contributed by atoms with E-state index >= 15 is 0 Å². The van der Waals surface area contributed by atoms with Gasteiger partial charge in [0.1, 0.15) is 4.99 Å². The molecule has 0 aliphatic carbocycles. The maximum atomic E-state index is 5.56. The Morgan fingerprint density at radius 3 is 2.89 bits per heavy atom. The minimum Gasteiger partial charge on any atom is -0.493 e. The molecule has 0 radical (unpaired) electrons. The van der Waals surface area contributed by atoms with Gasteiger partial charge < -0.3 is 19.5 Å². The Morgan fingerprint density at radius 1 is 1.42 bits per heavy atom. The topological polar surface area (TPSA) is 39.7 Å². The molecule has 0 spiro atoms. The van der Waals surface area contributed by atoms with Gasteiger partial charge in [0.15, 0.2) is 11.5 Å². The van der Waals surface area contributed by atoms with Crippen molar-refractivity contribution in [2.24, 2.45) is 0 Å². The van der Waals surface area contributed by atoms with Crippen LogP contribution in [0.3, 0.4) is 0 Å². The second kappa shape index (κ2) is 6.73. The van der Waals surface area contributed by atoms with E-state index in [0.717, 1.165) is 31.6 Å². The van der Waals surface area contributed by atoms with Gasteiger partial charge in [-0.25, -0.2) is 0 Å². The first kappa shape index (κ1) is 14.1. The highest BCUT2D eigenvalue weighted by Crippen LogP contribution is 2.30. The molecule has 1 N–H and O–H groups in total. The fourth-order valence-electron chi connectivity index (χ4n) is 2.17. The summed E-state index contributed by atoms with van der Waals surface area (Å²) in [6.07, 6.45) is 2.47. The number of ether oxygens (including phenoxy) is 3. The molecule has 1 heterocycles. The number of thiocarbonyl (C=S) groups is 1. The monoisotopic (exact) mass is 281 g/mol. The Kier molecular flexibility index (Phi) is 4.99. The maximum absolute atomic E-state index is 5.56. The Labute approximate surface area is 119 Å². The van der Waals surface area contributed by atoms with E-state index < -0.39 is 0 Å². The Hall–Kier alpha value is -1.33. The molecule has 1 aromatic rings. The van der Waals surface area contributed by atoms with Crippen LogP contribution in [0.5, 0.6) is 11.5 Å². The highest BCUT2D eigenvalue weighted by Gasteiger charge is 2.17. The Morgan fingerprint density at radius 2 is 2.26 bits per heavy atom. The van der Waals surface area contributed by atoms with Crippen LogP contribution in [-0.2, 0) is 4.74 Å². The molecule has 1 aliphatic heterocycles. The maximum Gasteiger partial charge on any atom is 0.170 e. The van der Waals surface area contributed by atoms with Crippen LogP contribution in [0.2, 0.25) is 0 Å². The predicted octanol–water partition coefficient (Wildman–Crippen LogP) is 2.15. The van der Waals surface area contributed by atoms with Crippen molar-refractivity contribution in [3.05, 3.63) is 23.8 Å². The molecule has 0 bridgehead atoms. The van der Waals surface area contributed by atoms with E-state index in [0.29, 0.717) is 16.5 Å². The number of methoxy groups -OCH3 is 2. The fraction of sp³-hybridized carbons (Fsp3) is 0.500. The SMILES string of the molecule is COc1cccc(C(=S)NC[C@@H]2CCCO2)c1OC. The number of hydrogen-bond donors (Lipinski definition) is 1. The van der Waals surface area contributed by atoms with Gasteiger partial charge in [-0.05, 0) is 25.0 Å². The molecule has 0 amide bonds. The molecule has 1 fully saturated rings. The molecule has 1 saturated heterocycles. The summed E-state index contributed by atoms with van der Waals surface area (Å²) >= 11 is 5.41. The van der Waals surface area contributed by atoms with Crippen molar-refractivity contribution in [1.82, 2.24) is 5.32 Å². The average molecular weight is 281 g/mol. The summed E-state index contributed by atoms with van der Waals surface area (Å²) < 4.78 is 16.2. The van der Waals surface area contributed by atoms with Gasteiger partial charge in [0.2, 0.25) is 0 Å². The van der Waals surface area contributed by atoms with Gasteiger partial charge in [-0.15, -0.1) is 0 Å². The van der Waals surface area contributed by atoms with Gasteiger partial charge in [-0.3, -0.25) is 0 Å². The molecule has 1 aromatic carbocycles. The van der Waals surface area contributed by atoms with Gasteiger partial charge >= 0.3 is 0 Å². The first-order valence-corrected chi connectivity index (χ1v) is 6.78. The number of benzene rings is 1. The molecule has 4 nitrogen and oxygen atoms in total. The van der Waals surface area contributed by atoms with Crippen LogP contribution in [-0.4, -0.2) is 38.5 Å². The van der Waals surface area contributed by atoms with Gasteiger partial charge in [-0.2, -0.15) is 0 Å². The number of para-hydroxylation sites is 1. The van der Waals surface area contributed by atoms with Crippen molar-refractivity contribution in [3.63, 3.8) is 0 Å². The van der Waals surface area contributed by atoms with E-state index in [1.807, 2.05) is 18.2 Å². The standard InChI is InChI=1S/C14H19NO3S/c1-16-12-7-3-6-11(13(12)17-2)14(19)15-9-10-5-4-8-18-10/h3,6-7,10H,4-5,8-9H2,1-2H3,(H,15,19)/t10-/m0/s1. The quantitative estimate of drug-likeness (QED) is 0.837. The highest BCUT2D eigenvalue weighted by atomic mass is 32.1. The lowest BCUT2D eigenvalue weighted by Gasteiger charge is -2.16. The van der Waals surface area contributed by atoms with Crippen molar-refractivity contribution in [1.29, 1.82) is 0 Å². The molecule has 19 heavy (non-hydrogen) atoms. The zero-order valence-corrected chi connectivity index (χ0v) is 12.1. The van der Waals surface area contributed by atoms with E-state index in [-0.39, 0.29) is 6.10 Å². The summed E-state index contributed by atoms with van der Waals surface area (Å²) in [5, 5.41) is 3.24. The fourth-order valence-corrected chi connectivity index (χ4v) is 2.42. The molecule has 0 saturated carbocycles. The van der Waals surface area contributed by atoms with Gasteiger partial charge in [0.25, 0.3) is 0 Å². The molecule has 2 rings (SSSR count). The summed E-state index contributed by atoms with van der Waals surface area (Å²) in [6.45, 7) is 1.58. The molecular formula is C14H19NO3S. The van der Waals surface area contributed by atoms with E-state index in [1.165, 1.54) is 0 Å². The zero-order valence-electron chi connectivity index (χ0n) is 11.3. The van der Waals surface area contributed by atoms with Crippen LogP contribution in [0.4, 0.5) is 0 Å². The zero-order chi connectivity index (χ0) is 13.7. The number of rotatable bonds is 5. The largest absolute Gasteiger partial charge is 0.493 e. The molecule has 0 aromatic heterocycles. The van der Waals surface area contributed by atoms with E-state index in [4.69, 9.17) is 26.4 Å². The highest BCUT2D eigenvalue weighted by molar-refractivity contribution is 7.80. The third-order valence-electron chi connectivity index (χ3n) is 3.16. The summed E-state index contributed by atoms with van der Waals surface area (Å²) in [5.41, 5.74) is 0.842. The number of hydrogen-bond acceptors (Lipinski definition) is 4. The predicted molar refractivity (Wildman–Crippen MR) is 78.2 cm³/mol. The number of nitrogens with one attached hydrogen (secondary N) is 1. The smallest absolute Gasteiger partial charge is 0.170 e. The van der Waals surface area contributed by atoms with Crippen LogP contribution in [0, 0.1) is 0 Å². The molecule has 1 atom stereocenters. The van der Waals surface area contributed by atoms with Crippen LogP contribution in [0.15, 0.2) is 18.2 Å². The minimum absolute atomic E-state index is 0.259. The summed E-state index contributed by atoms with van der Waals surface area (Å²) in [5.74, 6) is 1.34. The van der Waals surface area contributed by atoms with E-state index in [9.17, 15) is 0 Å². The first-order valence-electron chi connectivity index (χ1n) is 6.37.